The lowest BCUT2D eigenvalue weighted by atomic mass is 10.1. The van der Waals surface area contributed by atoms with Crippen molar-refractivity contribution in [2.45, 2.75) is 44.2 Å². The molecule has 1 atom stereocenters. The summed E-state index contributed by atoms with van der Waals surface area (Å²) in [7, 11) is -1.62. The number of halogens is 1. The van der Waals surface area contributed by atoms with Gasteiger partial charge in [0, 0.05) is 36.3 Å². The lowest BCUT2D eigenvalue weighted by Gasteiger charge is -2.11. The summed E-state index contributed by atoms with van der Waals surface area (Å²) in [6, 6.07) is 18.6. The highest BCUT2D eigenvalue weighted by molar-refractivity contribution is 7.86. The number of nitro groups is 1. The number of imidazole rings is 1. The van der Waals surface area contributed by atoms with Crippen molar-refractivity contribution in [3.63, 3.8) is 0 Å². The zero-order valence-electron chi connectivity index (χ0n) is 22.6. The highest BCUT2D eigenvalue weighted by atomic mass is 32.2. The van der Waals surface area contributed by atoms with Crippen molar-refractivity contribution in [1.29, 1.82) is 0 Å². The summed E-state index contributed by atoms with van der Waals surface area (Å²) in [6.45, 7) is 2.16. The largest absolute Gasteiger partial charge is 0.336 e. The number of aromatic amines is 1. The van der Waals surface area contributed by atoms with Gasteiger partial charge in [-0.15, -0.1) is 0 Å². The van der Waals surface area contributed by atoms with Crippen LogP contribution in [-0.4, -0.2) is 28.2 Å². The molecule has 0 fully saturated rings. The van der Waals surface area contributed by atoms with Gasteiger partial charge in [-0.3, -0.25) is 24.0 Å². The van der Waals surface area contributed by atoms with E-state index in [1.54, 1.807) is 30.3 Å². The van der Waals surface area contributed by atoms with E-state index in [0.29, 0.717) is 35.8 Å². The van der Waals surface area contributed by atoms with Crippen LogP contribution in [0.1, 0.15) is 36.7 Å². The van der Waals surface area contributed by atoms with Crippen LogP contribution < -0.4 is 16.0 Å². The van der Waals surface area contributed by atoms with Crippen LogP contribution in [-0.2, 0) is 30.5 Å². The van der Waals surface area contributed by atoms with E-state index in [1.807, 2.05) is 19.1 Å². The predicted octanol–water partition coefficient (Wildman–Crippen LogP) is 4.51. The lowest BCUT2D eigenvalue weighted by Crippen LogP contribution is -2.40. The van der Waals surface area contributed by atoms with Crippen LogP contribution in [0.15, 0.2) is 87.3 Å². The van der Waals surface area contributed by atoms with Crippen LogP contribution in [0.5, 0.6) is 0 Å². The maximum absolute atomic E-state index is 14.3. The number of hydrogen-bond acceptors (Lipinski definition) is 6. The van der Waals surface area contributed by atoms with Crippen molar-refractivity contribution in [1.82, 2.24) is 19.1 Å². The number of non-ortho nitro benzene ring substituents is 1. The molecule has 1 unspecified atom stereocenters. The van der Waals surface area contributed by atoms with E-state index < -0.39 is 33.0 Å². The molecule has 5 rings (SSSR count). The number of rotatable bonds is 11. The standard InChI is InChI=1S/C29H27FN6O5S/c1-2-3-16-34-27-26(28(37)35(29(34)38)18-20-6-4-5-7-24(20)30)31-25(32-27)17-19-8-10-21(11-9-19)33-42(41)23-14-12-22(13-15-23)36(39)40/h4-15,33H,2-3,16-18H2,1H3,(H,31,32). The van der Waals surface area contributed by atoms with Gasteiger partial charge in [-0.05, 0) is 42.3 Å². The van der Waals surface area contributed by atoms with Crippen molar-refractivity contribution < 1.29 is 13.5 Å². The first-order valence-corrected chi connectivity index (χ1v) is 14.4. The molecule has 13 heteroatoms. The summed E-state index contributed by atoms with van der Waals surface area (Å²) < 4.78 is 32.3. The lowest BCUT2D eigenvalue weighted by molar-refractivity contribution is -0.384. The molecular weight excluding hydrogens is 563 g/mol. The molecule has 5 aromatic rings. The van der Waals surface area contributed by atoms with Gasteiger partial charge in [0.2, 0.25) is 0 Å². The SMILES string of the molecule is CCCCn1c(=O)n(Cc2ccccc2F)c(=O)c2[nH]c(Cc3ccc(NS(=O)c4ccc([N+](=O)[O-])cc4)cc3)nc21. The fraction of sp³-hybridized carbons (Fsp3) is 0.207. The van der Waals surface area contributed by atoms with Crippen molar-refractivity contribution >= 4 is 33.5 Å². The Morgan fingerprint density at radius 1 is 1.02 bits per heavy atom. The first-order valence-electron chi connectivity index (χ1n) is 13.2. The number of fused-ring (bicyclic) bond motifs is 1. The van der Waals surface area contributed by atoms with Crippen molar-refractivity contribution in [2.24, 2.45) is 0 Å². The third-order valence-corrected chi connectivity index (χ3v) is 7.85. The second-order valence-electron chi connectivity index (χ2n) is 9.65. The number of unbranched alkanes of at least 4 members (excludes halogenated alkanes) is 1. The number of nitrogens with one attached hydrogen (secondary N) is 2. The Morgan fingerprint density at radius 3 is 2.40 bits per heavy atom. The Bertz CT molecular complexity index is 1900. The van der Waals surface area contributed by atoms with Crippen LogP contribution in [0, 0.1) is 15.9 Å². The van der Waals surface area contributed by atoms with Crippen molar-refractivity contribution in [3.05, 3.63) is 127 Å². The Morgan fingerprint density at radius 2 is 1.74 bits per heavy atom. The molecular formula is C29H27FN6O5S. The highest BCUT2D eigenvalue weighted by Gasteiger charge is 2.18. The Balaban J connectivity index is 1.39. The summed E-state index contributed by atoms with van der Waals surface area (Å²) >= 11 is 0. The monoisotopic (exact) mass is 590 g/mol. The first-order chi connectivity index (χ1) is 20.2. The molecule has 2 N–H and O–H groups in total. The second kappa shape index (κ2) is 12.3. The molecule has 0 saturated heterocycles. The molecule has 0 spiro atoms. The Hall–Kier alpha value is -4.91. The molecule has 0 bridgehead atoms. The molecule has 216 valence electrons. The Labute approximate surface area is 241 Å². The van der Waals surface area contributed by atoms with Gasteiger partial charge >= 0.3 is 5.69 Å². The van der Waals surface area contributed by atoms with Crippen molar-refractivity contribution in [2.75, 3.05) is 4.72 Å². The minimum Gasteiger partial charge on any atom is -0.336 e. The quantitative estimate of drug-likeness (QED) is 0.171. The fourth-order valence-corrected chi connectivity index (χ4v) is 5.35. The summed E-state index contributed by atoms with van der Waals surface area (Å²) in [5.41, 5.74) is 0.887. The van der Waals surface area contributed by atoms with Crippen LogP contribution >= 0.6 is 0 Å². The second-order valence-corrected chi connectivity index (χ2v) is 10.9. The van der Waals surface area contributed by atoms with Gasteiger partial charge in [0.1, 0.15) is 28.1 Å². The van der Waals surface area contributed by atoms with Gasteiger partial charge in [-0.1, -0.05) is 43.7 Å². The van der Waals surface area contributed by atoms with Crippen LogP contribution in [0.3, 0.4) is 0 Å². The minimum atomic E-state index is -1.62. The summed E-state index contributed by atoms with van der Waals surface area (Å²) in [5.74, 6) is -0.0191. The molecule has 2 aromatic heterocycles. The zero-order valence-corrected chi connectivity index (χ0v) is 23.4. The molecule has 0 aliphatic rings. The molecule has 0 radical (unpaired) electrons. The number of nitro benzene ring substituents is 1. The molecule has 0 saturated carbocycles. The Kier molecular flexibility index (Phi) is 8.38. The van der Waals surface area contributed by atoms with E-state index in [9.17, 15) is 28.3 Å². The molecule has 0 aliphatic carbocycles. The number of aromatic nitrogens is 4. The molecule has 0 amide bonds. The van der Waals surface area contributed by atoms with E-state index in [1.165, 1.54) is 34.9 Å². The first kappa shape index (κ1) is 28.6. The topological polar surface area (TPSA) is 145 Å². The molecule has 42 heavy (non-hydrogen) atoms. The average molecular weight is 591 g/mol. The highest BCUT2D eigenvalue weighted by Crippen LogP contribution is 2.19. The molecule has 11 nitrogen and oxygen atoms in total. The van der Waals surface area contributed by atoms with Gasteiger partial charge < -0.3 is 9.71 Å². The van der Waals surface area contributed by atoms with E-state index in [-0.39, 0.29) is 29.0 Å². The van der Waals surface area contributed by atoms with Gasteiger partial charge in [-0.25, -0.2) is 18.4 Å². The number of benzene rings is 3. The zero-order chi connectivity index (χ0) is 29.8. The maximum Gasteiger partial charge on any atom is 0.333 e. The molecule has 0 aliphatic heterocycles. The number of aryl methyl sites for hydroxylation is 1. The third-order valence-electron chi connectivity index (χ3n) is 6.73. The molecule has 2 heterocycles. The van der Waals surface area contributed by atoms with Crippen LogP contribution in [0.2, 0.25) is 0 Å². The number of hydrogen-bond donors (Lipinski definition) is 2. The van der Waals surface area contributed by atoms with Crippen molar-refractivity contribution in [3.8, 4) is 0 Å². The summed E-state index contributed by atoms with van der Waals surface area (Å²) in [5, 5.41) is 10.8. The van der Waals surface area contributed by atoms with Crippen LogP contribution in [0.25, 0.3) is 11.2 Å². The van der Waals surface area contributed by atoms with Gasteiger partial charge in [0.05, 0.1) is 16.4 Å². The van der Waals surface area contributed by atoms with E-state index in [0.717, 1.165) is 16.6 Å². The van der Waals surface area contributed by atoms with E-state index in [4.69, 9.17) is 0 Å². The average Bonchev–Trinajstić information content (AvgIpc) is 3.41. The van der Waals surface area contributed by atoms with Gasteiger partial charge in [0.15, 0.2) is 5.65 Å². The minimum absolute atomic E-state index is 0.0861. The van der Waals surface area contributed by atoms with Gasteiger partial charge in [-0.2, -0.15) is 0 Å². The van der Waals surface area contributed by atoms with Crippen LogP contribution in [0.4, 0.5) is 15.8 Å². The predicted molar refractivity (Wildman–Crippen MR) is 157 cm³/mol. The molecule has 3 aromatic carbocycles. The normalized spacial score (nSPS) is 12.0. The fourth-order valence-electron chi connectivity index (χ4n) is 4.49. The third kappa shape index (κ3) is 6.05. The number of nitrogens with zero attached hydrogens (tertiary/aromatic N) is 4. The summed E-state index contributed by atoms with van der Waals surface area (Å²) in [4.78, 5) is 45.1. The summed E-state index contributed by atoms with van der Waals surface area (Å²) in [6.07, 6.45) is 1.85. The van der Waals surface area contributed by atoms with E-state index >= 15 is 0 Å². The maximum atomic E-state index is 14.3. The smallest absolute Gasteiger partial charge is 0.333 e. The number of anilines is 1. The number of H-pyrrole nitrogens is 1. The van der Waals surface area contributed by atoms with Gasteiger partial charge in [0.25, 0.3) is 11.2 Å². The van der Waals surface area contributed by atoms with E-state index in [2.05, 4.69) is 14.7 Å².